The van der Waals surface area contributed by atoms with Gasteiger partial charge in [0.15, 0.2) is 11.5 Å². The fraction of sp³-hybridized carbons (Fsp3) is 0.273. The van der Waals surface area contributed by atoms with E-state index >= 15 is 0 Å². The summed E-state index contributed by atoms with van der Waals surface area (Å²) >= 11 is 5.98. The molecule has 286 valence electrons. The van der Waals surface area contributed by atoms with Gasteiger partial charge in [-0.15, -0.1) is 0 Å². The van der Waals surface area contributed by atoms with Gasteiger partial charge in [-0.2, -0.15) is 0 Å². The largest absolute Gasteiger partial charge is 0.496 e. The molecular formula is C44H46ClFN4O5. The molecule has 0 aliphatic heterocycles. The van der Waals surface area contributed by atoms with Gasteiger partial charge >= 0.3 is 0 Å². The van der Waals surface area contributed by atoms with Crippen LogP contribution in [0.3, 0.4) is 0 Å². The molecule has 9 nitrogen and oxygen atoms in total. The molecule has 1 heterocycles. The lowest BCUT2D eigenvalue weighted by Crippen LogP contribution is -2.16. The zero-order chi connectivity index (χ0) is 38.6. The van der Waals surface area contributed by atoms with Crippen molar-refractivity contribution in [3.8, 4) is 39.9 Å². The maximum absolute atomic E-state index is 13.7. The maximum Gasteiger partial charge on any atom is 0.162 e. The average Bonchev–Trinajstić information content (AvgIpc) is 3.21. The van der Waals surface area contributed by atoms with Crippen molar-refractivity contribution in [3.05, 3.63) is 125 Å². The molecule has 0 spiro atoms. The summed E-state index contributed by atoms with van der Waals surface area (Å²) in [6.45, 7) is 4.54. The quantitative estimate of drug-likeness (QED) is 0.0782. The number of hydrogen-bond donors (Lipinski definition) is 2. The van der Waals surface area contributed by atoms with Crippen molar-refractivity contribution in [2.24, 2.45) is 0 Å². The van der Waals surface area contributed by atoms with Crippen LogP contribution in [-0.4, -0.2) is 44.4 Å². The van der Waals surface area contributed by atoms with Crippen LogP contribution in [-0.2, 0) is 13.2 Å². The summed E-state index contributed by atoms with van der Waals surface area (Å²) in [6.07, 6.45) is 5.39. The van der Waals surface area contributed by atoms with Crippen molar-refractivity contribution in [2.45, 2.75) is 45.8 Å². The number of benzene rings is 5. The third-order valence-electron chi connectivity index (χ3n) is 9.42. The van der Waals surface area contributed by atoms with Crippen LogP contribution in [0.4, 0.5) is 15.9 Å². The van der Waals surface area contributed by atoms with Gasteiger partial charge in [0.1, 0.15) is 41.8 Å². The molecule has 0 saturated carbocycles. The standard InChI is InChI=1S/C44H46ClFN4O5/c1-29-31(15-12-16-34(29)30-13-8-7-9-14-30)27-55-33-22-40(51-2)36(41(23-33)52-3)26-47-19-10-5-6-11-20-54-43-24-35-39(25-42(43)53-4)48-28-49-44(35)50-32-17-18-38(46)37(45)21-32/h7-9,12-18,21-25,28,47H,5-6,10-11,19-20,26-27H2,1-4H3,(H,48,49,50). The minimum atomic E-state index is -0.488. The van der Waals surface area contributed by atoms with E-state index in [1.54, 1.807) is 27.4 Å². The maximum atomic E-state index is 13.7. The van der Waals surface area contributed by atoms with E-state index in [-0.39, 0.29) is 5.02 Å². The first kappa shape index (κ1) is 39.1. The van der Waals surface area contributed by atoms with E-state index in [2.05, 4.69) is 70.0 Å². The number of fused-ring (bicyclic) bond motifs is 1. The van der Waals surface area contributed by atoms with Gasteiger partial charge in [0.25, 0.3) is 0 Å². The van der Waals surface area contributed by atoms with Crippen LogP contribution < -0.4 is 34.3 Å². The summed E-state index contributed by atoms with van der Waals surface area (Å²) in [6, 6.07) is 28.6. The van der Waals surface area contributed by atoms with Gasteiger partial charge in [-0.05, 0) is 72.8 Å². The topological polar surface area (TPSA) is 96.0 Å². The molecular weight excluding hydrogens is 719 g/mol. The first-order chi connectivity index (χ1) is 26.9. The summed E-state index contributed by atoms with van der Waals surface area (Å²) < 4.78 is 43.2. The van der Waals surface area contributed by atoms with Crippen LogP contribution in [0.2, 0.25) is 5.02 Å². The van der Waals surface area contributed by atoms with Crippen LogP contribution in [0.15, 0.2) is 97.3 Å². The lowest BCUT2D eigenvalue weighted by molar-refractivity contribution is 0.285. The van der Waals surface area contributed by atoms with Crippen molar-refractivity contribution in [2.75, 3.05) is 39.8 Å². The Morgan fingerprint density at radius 2 is 1.49 bits per heavy atom. The third-order valence-corrected chi connectivity index (χ3v) is 9.71. The van der Waals surface area contributed by atoms with Crippen molar-refractivity contribution in [1.29, 1.82) is 0 Å². The van der Waals surface area contributed by atoms with Crippen LogP contribution in [0, 0.1) is 12.7 Å². The monoisotopic (exact) mass is 764 g/mol. The number of aromatic nitrogens is 2. The molecule has 11 heteroatoms. The molecule has 5 aromatic carbocycles. The second-order valence-corrected chi connectivity index (χ2v) is 13.4. The SMILES string of the molecule is COc1cc2ncnc(Nc3ccc(F)c(Cl)c3)c2cc1OCCCCCCNCc1c(OC)cc(OCc2cccc(-c3ccccc3)c2C)cc1OC. The van der Waals surface area contributed by atoms with Gasteiger partial charge in [0.2, 0.25) is 0 Å². The van der Waals surface area contributed by atoms with Crippen LogP contribution >= 0.6 is 11.6 Å². The van der Waals surface area contributed by atoms with E-state index in [9.17, 15) is 4.39 Å². The van der Waals surface area contributed by atoms with Crippen molar-refractivity contribution in [3.63, 3.8) is 0 Å². The Bertz CT molecular complexity index is 2180. The third kappa shape index (κ3) is 9.95. The molecule has 0 saturated heterocycles. The van der Waals surface area contributed by atoms with E-state index in [0.29, 0.717) is 65.5 Å². The Labute approximate surface area is 326 Å². The number of hydrogen-bond acceptors (Lipinski definition) is 9. The number of unbranched alkanes of at least 4 members (excludes halogenated alkanes) is 3. The van der Waals surface area contributed by atoms with Crippen molar-refractivity contribution < 1.29 is 28.1 Å². The smallest absolute Gasteiger partial charge is 0.162 e. The van der Waals surface area contributed by atoms with E-state index < -0.39 is 5.82 Å². The molecule has 0 aliphatic rings. The number of anilines is 2. The molecule has 0 atom stereocenters. The van der Waals surface area contributed by atoms with Gasteiger partial charge in [0.05, 0.1) is 44.0 Å². The average molecular weight is 765 g/mol. The fourth-order valence-electron chi connectivity index (χ4n) is 6.40. The number of nitrogens with one attached hydrogen (secondary N) is 2. The predicted octanol–water partition coefficient (Wildman–Crippen LogP) is 10.5. The summed E-state index contributed by atoms with van der Waals surface area (Å²) in [7, 11) is 4.93. The molecule has 0 radical (unpaired) electrons. The van der Waals surface area contributed by atoms with Gasteiger partial charge in [-0.1, -0.05) is 73.0 Å². The highest BCUT2D eigenvalue weighted by atomic mass is 35.5. The Morgan fingerprint density at radius 1 is 0.727 bits per heavy atom. The predicted molar refractivity (Wildman–Crippen MR) is 217 cm³/mol. The van der Waals surface area contributed by atoms with Gasteiger partial charge < -0.3 is 34.3 Å². The molecule has 55 heavy (non-hydrogen) atoms. The number of methoxy groups -OCH3 is 3. The van der Waals surface area contributed by atoms with Crippen molar-refractivity contribution >= 4 is 34.0 Å². The summed E-state index contributed by atoms with van der Waals surface area (Å²) in [4.78, 5) is 8.77. The number of nitrogens with zero attached hydrogens (tertiary/aromatic N) is 2. The van der Waals surface area contributed by atoms with Crippen molar-refractivity contribution in [1.82, 2.24) is 15.3 Å². The summed E-state index contributed by atoms with van der Waals surface area (Å²) in [5, 5.41) is 7.50. The first-order valence-electron chi connectivity index (χ1n) is 18.3. The minimum Gasteiger partial charge on any atom is -0.496 e. The van der Waals surface area contributed by atoms with E-state index in [0.717, 1.165) is 48.7 Å². The minimum absolute atomic E-state index is 0.0225. The normalized spacial score (nSPS) is 11.0. The molecule has 1 aromatic heterocycles. The van der Waals surface area contributed by atoms with E-state index in [4.69, 9.17) is 35.3 Å². The molecule has 6 rings (SSSR count). The van der Waals surface area contributed by atoms with E-state index in [1.165, 1.54) is 35.2 Å². The molecule has 2 N–H and O–H groups in total. The highest BCUT2D eigenvalue weighted by molar-refractivity contribution is 6.31. The zero-order valence-electron chi connectivity index (χ0n) is 31.6. The molecule has 6 aromatic rings. The lowest BCUT2D eigenvalue weighted by Gasteiger charge is -2.17. The zero-order valence-corrected chi connectivity index (χ0v) is 32.3. The Hall–Kier alpha value is -5.58. The first-order valence-corrected chi connectivity index (χ1v) is 18.7. The second-order valence-electron chi connectivity index (χ2n) is 13.0. The van der Waals surface area contributed by atoms with Gasteiger partial charge in [-0.3, -0.25) is 0 Å². The summed E-state index contributed by atoms with van der Waals surface area (Å²) in [5.41, 5.74) is 6.93. The lowest BCUT2D eigenvalue weighted by atomic mass is 9.97. The molecule has 0 unspecified atom stereocenters. The number of rotatable bonds is 19. The van der Waals surface area contributed by atoms with Gasteiger partial charge in [-0.25, -0.2) is 14.4 Å². The molecule has 0 bridgehead atoms. The molecule has 0 aliphatic carbocycles. The molecule has 0 fully saturated rings. The fourth-order valence-corrected chi connectivity index (χ4v) is 6.58. The summed E-state index contributed by atoms with van der Waals surface area (Å²) in [5.74, 6) is 3.35. The Kier molecular flexibility index (Phi) is 13.6. The van der Waals surface area contributed by atoms with Crippen LogP contribution in [0.1, 0.15) is 42.4 Å². The van der Waals surface area contributed by atoms with Crippen LogP contribution in [0.25, 0.3) is 22.0 Å². The highest BCUT2D eigenvalue weighted by Gasteiger charge is 2.16. The number of ether oxygens (including phenoxy) is 5. The Balaban J connectivity index is 0.963. The Morgan fingerprint density at radius 3 is 2.24 bits per heavy atom. The second kappa shape index (κ2) is 19.1. The van der Waals surface area contributed by atoms with E-state index in [1.807, 2.05) is 30.3 Å². The van der Waals surface area contributed by atoms with Gasteiger partial charge in [0, 0.05) is 35.8 Å². The highest BCUT2D eigenvalue weighted by Crippen LogP contribution is 2.37. The van der Waals surface area contributed by atoms with Crippen LogP contribution in [0.5, 0.6) is 28.7 Å². The number of halogens is 2. The molecule has 0 amide bonds.